The van der Waals surface area contributed by atoms with Crippen molar-refractivity contribution in [1.82, 2.24) is 15.1 Å². The van der Waals surface area contributed by atoms with Crippen molar-refractivity contribution in [2.24, 2.45) is 5.92 Å². The minimum Gasteiger partial charge on any atom is -0.355 e. The first kappa shape index (κ1) is 18.4. The lowest BCUT2D eigenvalue weighted by atomic mass is 9.96. The second-order valence-electron chi connectivity index (χ2n) is 7.70. The number of carbonyl (C=O) groups is 1. The van der Waals surface area contributed by atoms with Crippen molar-refractivity contribution >= 4 is 28.5 Å². The molecule has 0 bridgehead atoms. The summed E-state index contributed by atoms with van der Waals surface area (Å²) in [7, 11) is 0. The number of nitrogens with zero attached hydrogens (tertiary/aromatic N) is 4. The zero-order valence-electron chi connectivity index (χ0n) is 16.5. The van der Waals surface area contributed by atoms with E-state index in [9.17, 15) is 4.79 Å². The molecule has 3 heterocycles. The fraction of sp³-hybridized carbons (Fsp3) is 0.429. The number of aromatic nitrogens is 3. The molecule has 1 amide bonds. The average molecular weight is 379 g/mol. The molecule has 2 aromatic heterocycles. The van der Waals surface area contributed by atoms with Crippen LogP contribution in [0.2, 0.25) is 0 Å². The Hall–Kier alpha value is -2.96. The van der Waals surface area contributed by atoms with Gasteiger partial charge in [0.25, 0.3) is 5.71 Å². The summed E-state index contributed by atoms with van der Waals surface area (Å²) in [6, 6.07) is 8.09. The molecule has 0 radical (unpaired) electrons. The number of benzene rings is 1. The van der Waals surface area contributed by atoms with Crippen molar-refractivity contribution < 1.29 is 9.32 Å². The summed E-state index contributed by atoms with van der Waals surface area (Å²) in [5.74, 6) is 1.22. The number of nitrogens with one attached hydrogen (secondary N) is 1. The number of hydrogen-bond donors (Lipinski definition) is 1. The van der Waals surface area contributed by atoms with E-state index in [2.05, 4.69) is 51.3 Å². The number of hydrogen-bond acceptors (Lipinski definition) is 6. The van der Waals surface area contributed by atoms with Gasteiger partial charge < -0.3 is 14.7 Å². The van der Waals surface area contributed by atoms with Crippen LogP contribution in [-0.2, 0) is 4.79 Å². The summed E-state index contributed by atoms with van der Waals surface area (Å²) in [5.41, 5.74) is 3.35. The van der Waals surface area contributed by atoms with Crippen LogP contribution in [0.25, 0.3) is 11.1 Å². The second-order valence-corrected chi connectivity index (χ2v) is 7.70. The molecule has 1 aromatic carbocycles. The van der Waals surface area contributed by atoms with Crippen molar-refractivity contribution in [2.45, 2.75) is 39.5 Å². The largest absolute Gasteiger partial charge is 0.355 e. The molecule has 1 N–H and O–H groups in total. The van der Waals surface area contributed by atoms with Crippen LogP contribution in [0, 0.1) is 12.8 Å². The zero-order valence-corrected chi connectivity index (χ0v) is 16.5. The summed E-state index contributed by atoms with van der Waals surface area (Å²) in [4.78, 5) is 23.6. The number of amides is 1. The molecule has 1 atom stereocenters. The third-order valence-electron chi connectivity index (χ3n) is 5.36. The quantitative estimate of drug-likeness (QED) is 0.740. The molecule has 1 fully saturated rings. The van der Waals surface area contributed by atoms with Crippen LogP contribution in [0.5, 0.6) is 0 Å². The molecule has 1 saturated heterocycles. The van der Waals surface area contributed by atoms with Gasteiger partial charge in [-0.2, -0.15) is 4.98 Å². The average Bonchev–Trinajstić information content (AvgIpc) is 3.10. The van der Waals surface area contributed by atoms with E-state index in [1.165, 1.54) is 11.9 Å². The van der Waals surface area contributed by atoms with Gasteiger partial charge in [0.15, 0.2) is 0 Å². The lowest BCUT2D eigenvalue weighted by Gasteiger charge is -2.33. The maximum absolute atomic E-state index is 12.8. The molecule has 0 spiro atoms. The van der Waals surface area contributed by atoms with Crippen molar-refractivity contribution in [1.29, 1.82) is 0 Å². The Labute approximate surface area is 164 Å². The fourth-order valence-corrected chi connectivity index (χ4v) is 3.72. The SMILES string of the molecule is Cc1noc2ncnc(N3CCCC(C(=O)Nc4ccc(C(C)C)cc4)C3)c12. The lowest BCUT2D eigenvalue weighted by Crippen LogP contribution is -2.41. The molecule has 3 aromatic rings. The minimum atomic E-state index is -0.0938. The first-order chi connectivity index (χ1) is 13.5. The van der Waals surface area contributed by atoms with E-state index in [1.54, 1.807) is 0 Å². The van der Waals surface area contributed by atoms with E-state index < -0.39 is 0 Å². The highest BCUT2D eigenvalue weighted by Gasteiger charge is 2.28. The topological polar surface area (TPSA) is 84.2 Å². The van der Waals surface area contributed by atoms with Crippen LogP contribution in [0.15, 0.2) is 35.1 Å². The molecule has 7 heteroatoms. The lowest BCUT2D eigenvalue weighted by molar-refractivity contribution is -0.120. The number of fused-ring (bicyclic) bond motifs is 1. The second kappa shape index (κ2) is 7.58. The molecule has 0 saturated carbocycles. The molecule has 4 rings (SSSR count). The molecule has 1 aliphatic rings. The van der Waals surface area contributed by atoms with Crippen LogP contribution in [0.4, 0.5) is 11.5 Å². The summed E-state index contributed by atoms with van der Waals surface area (Å²) >= 11 is 0. The Bertz CT molecular complexity index is 980. The summed E-state index contributed by atoms with van der Waals surface area (Å²) in [6.07, 6.45) is 3.28. The summed E-state index contributed by atoms with van der Waals surface area (Å²) < 4.78 is 5.25. The van der Waals surface area contributed by atoms with Crippen LogP contribution < -0.4 is 10.2 Å². The Balaban J connectivity index is 1.48. The molecule has 0 aliphatic carbocycles. The standard InChI is InChI=1S/C21H25N5O2/c1-13(2)15-6-8-17(9-7-15)24-20(27)16-5-4-10-26(11-16)19-18-14(3)25-28-21(18)23-12-22-19/h6-9,12-13,16H,4-5,10-11H2,1-3H3,(H,24,27). The van der Waals surface area contributed by atoms with E-state index in [4.69, 9.17) is 4.52 Å². The van der Waals surface area contributed by atoms with Gasteiger partial charge in [-0.15, -0.1) is 0 Å². The maximum Gasteiger partial charge on any atom is 0.263 e. The monoisotopic (exact) mass is 379 g/mol. The van der Waals surface area contributed by atoms with E-state index in [0.29, 0.717) is 18.2 Å². The van der Waals surface area contributed by atoms with Gasteiger partial charge in [0.2, 0.25) is 5.91 Å². The molecule has 146 valence electrons. The van der Waals surface area contributed by atoms with Crippen LogP contribution in [0.1, 0.15) is 43.9 Å². The van der Waals surface area contributed by atoms with Crippen molar-refractivity contribution in [3.8, 4) is 0 Å². The smallest absolute Gasteiger partial charge is 0.263 e. The predicted octanol–water partition coefficient (Wildman–Crippen LogP) is 3.90. The van der Waals surface area contributed by atoms with Gasteiger partial charge in [-0.05, 0) is 43.4 Å². The number of carbonyl (C=O) groups excluding carboxylic acids is 1. The highest BCUT2D eigenvalue weighted by atomic mass is 16.5. The fourth-order valence-electron chi connectivity index (χ4n) is 3.72. The maximum atomic E-state index is 12.8. The van der Waals surface area contributed by atoms with Crippen LogP contribution >= 0.6 is 0 Å². The Kier molecular flexibility index (Phi) is 4.98. The van der Waals surface area contributed by atoms with Crippen molar-refractivity contribution in [2.75, 3.05) is 23.3 Å². The van der Waals surface area contributed by atoms with E-state index in [1.807, 2.05) is 19.1 Å². The number of anilines is 2. The van der Waals surface area contributed by atoms with Gasteiger partial charge >= 0.3 is 0 Å². The first-order valence-corrected chi connectivity index (χ1v) is 9.75. The van der Waals surface area contributed by atoms with Crippen molar-refractivity contribution in [3.05, 3.63) is 41.9 Å². The van der Waals surface area contributed by atoms with Gasteiger partial charge in [-0.3, -0.25) is 4.79 Å². The zero-order chi connectivity index (χ0) is 19.7. The molecule has 28 heavy (non-hydrogen) atoms. The van der Waals surface area contributed by atoms with Gasteiger partial charge in [0.05, 0.1) is 11.6 Å². The van der Waals surface area contributed by atoms with E-state index >= 15 is 0 Å². The van der Waals surface area contributed by atoms with Gasteiger partial charge in [-0.25, -0.2) is 4.98 Å². The number of aryl methyl sites for hydroxylation is 1. The molecule has 1 unspecified atom stereocenters. The third-order valence-corrected chi connectivity index (χ3v) is 5.36. The summed E-state index contributed by atoms with van der Waals surface area (Å²) in [5, 5.41) is 7.89. The van der Waals surface area contributed by atoms with Crippen molar-refractivity contribution in [3.63, 3.8) is 0 Å². The van der Waals surface area contributed by atoms with E-state index in [-0.39, 0.29) is 11.8 Å². The normalized spacial score (nSPS) is 17.3. The third kappa shape index (κ3) is 3.56. The highest BCUT2D eigenvalue weighted by Crippen LogP contribution is 2.30. The predicted molar refractivity (Wildman–Crippen MR) is 108 cm³/mol. The molecular formula is C21H25N5O2. The van der Waals surface area contributed by atoms with Gasteiger partial charge in [0, 0.05) is 18.8 Å². The Morgan fingerprint density at radius 2 is 2.04 bits per heavy atom. The molecule has 7 nitrogen and oxygen atoms in total. The van der Waals surface area contributed by atoms with E-state index in [0.717, 1.165) is 42.0 Å². The minimum absolute atomic E-state index is 0.0503. The Morgan fingerprint density at radius 1 is 1.25 bits per heavy atom. The molecular weight excluding hydrogens is 354 g/mol. The van der Waals surface area contributed by atoms with Crippen LogP contribution in [-0.4, -0.2) is 34.1 Å². The number of rotatable bonds is 4. The highest BCUT2D eigenvalue weighted by molar-refractivity contribution is 5.93. The Morgan fingerprint density at radius 3 is 2.79 bits per heavy atom. The number of piperidine rings is 1. The van der Waals surface area contributed by atoms with Gasteiger partial charge in [-0.1, -0.05) is 31.1 Å². The first-order valence-electron chi connectivity index (χ1n) is 9.75. The van der Waals surface area contributed by atoms with Crippen LogP contribution in [0.3, 0.4) is 0 Å². The van der Waals surface area contributed by atoms with Gasteiger partial charge in [0.1, 0.15) is 17.5 Å². The molecule has 1 aliphatic heterocycles. The summed E-state index contributed by atoms with van der Waals surface area (Å²) in [6.45, 7) is 7.67.